The Morgan fingerprint density at radius 1 is 1.15 bits per heavy atom. The molecule has 3 heterocycles. The van der Waals surface area contributed by atoms with Gasteiger partial charge in [0.05, 0.1) is 18.8 Å². The zero-order valence-electron chi connectivity index (χ0n) is 14.9. The molecule has 0 radical (unpaired) electrons. The summed E-state index contributed by atoms with van der Waals surface area (Å²) in [6.45, 7) is 3.60. The first-order chi connectivity index (χ1) is 13.1. The Hall–Kier alpha value is -3.13. The zero-order valence-corrected chi connectivity index (χ0v) is 14.9. The Bertz CT molecular complexity index is 884. The topological polar surface area (TPSA) is 98.0 Å². The summed E-state index contributed by atoms with van der Waals surface area (Å²) < 4.78 is 10.2. The molecule has 2 aliphatic heterocycles. The third-order valence-electron chi connectivity index (χ3n) is 4.74. The Morgan fingerprint density at radius 3 is 2.56 bits per heavy atom. The Balaban J connectivity index is 1.56. The van der Waals surface area contributed by atoms with Gasteiger partial charge in [-0.3, -0.25) is 9.80 Å². The van der Waals surface area contributed by atoms with E-state index in [1.807, 2.05) is 31.2 Å². The minimum atomic E-state index is -0.372. The Labute approximate surface area is 156 Å². The van der Waals surface area contributed by atoms with Crippen molar-refractivity contribution in [2.24, 2.45) is 5.73 Å². The lowest BCUT2D eigenvalue weighted by atomic mass is 10.0. The van der Waals surface area contributed by atoms with Gasteiger partial charge in [-0.25, -0.2) is 14.6 Å². The highest BCUT2D eigenvalue weighted by Crippen LogP contribution is 2.30. The number of hydrogen-bond donors (Lipinski definition) is 1. The van der Waals surface area contributed by atoms with Gasteiger partial charge >= 0.3 is 12.2 Å². The minimum absolute atomic E-state index is 0.273. The fourth-order valence-corrected chi connectivity index (χ4v) is 3.30. The lowest BCUT2D eigenvalue weighted by Gasteiger charge is -2.17. The van der Waals surface area contributed by atoms with Gasteiger partial charge in [-0.05, 0) is 42.3 Å². The largest absolute Gasteiger partial charge is 0.447 e. The SMILES string of the molecule is Cc1cc(-c2ccc(N3CCOC3=O)nc2)ccc1N1C[C@H](CN)OC1=O. The van der Waals surface area contributed by atoms with Crippen LogP contribution in [0.1, 0.15) is 5.56 Å². The maximum Gasteiger partial charge on any atom is 0.415 e. The predicted octanol–water partition coefficient (Wildman–Crippen LogP) is 2.30. The van der Waals surface area contributed by atoms with Crippen molar-refractivity contribution < 1.29 is 19.1 Å². The first kappa shape index (κ1) is 17.3. The maximum atomic E-state index is 12.0. The van der Waals surface area contributed by atoms with Crippen LogP contribution < -0.4 is 15.5 Å². The first-order valence-corrected chi connectivity index (χ1v) is 8.76. The number of hydrogen-bond acceptors (Lipinski definition) is 6. The van der Waals surface area contributed by atoms with Gasteiger partial charge in [0.25, 0.3) is 0 Å². The van der Waals surface area contributed by atoms with E-state index in [0.717, 1.165) is 22.4 Å². The molecule has 2 amide bonds. The van der Waals surface area contributed by atoms with Crippen molar-refractivity contribution in [3.8, 4) is 11.1 Å². The van der Waals surface area contributed by atoms with Crippen molar-refractivity contribution in [2.45, 2.75) is 13.0 Å². The van der Waals surface area contributed by atoms with E-state index in [2.05, 4.69) is 4.98 Å². The molecule has 0 spiro atoms. The molecule has 0 saturated carbocycles. The highest BCUT2D eigenvalue weighted by molar-refractivity contribution is 5.91. The number of ether oxygens (including phenoxy) is 2. The number of nitrogens with zero attached hydrogens (tertiary/aromatic N) is 3. The van der Waals surface area contributed by atoms with Crippen molar-refractivity contribution >= 4 is 23.7 Å². The molecule has 0 aliphatic carbocycles. The first-order valence-electron chi connectivity index (χ1n) is 8.76. The van der Waals surface area contributed by atoms with Crippen molar-refractivity contribution in [1.82, 2.24) is 4.98 Å². The number of nitrogens with two attached hydrogens (primary N) is 1. The third kappa shape index (κ3) is 3.19. The standard InChI is InChI=1S/C19H20N4O4/c1-12-8-13(2-4-16(12)23-11-15(9-20)27-19(23)25)14-3-5-17(21-10-14)22-6-7-26-18(22)24/h2-5,8,10,15H,6-7,9,11,20H2,1H3/t15-/m0/s1. The highest BCUT2D eigenvalue weighted by Gasteiger charge is 2.32. The van der Waals surface area contributed by atoms with E-state index in [4.69, 9.17) is 15.2 Å². The van der Waals surface area contributed by atoms with Gasteiger partial charge in [0.1, 0.15) is 18.5 Å². The molecule has 2 N–H and O–H groups in total. The normalized spacial score (nSPS) is 19.4. The molecule has 0 bridgehead atoms. The quantitative estimate of drug-likeness (QED) is 0.889. The molecule has 2 saturated heterocycles. The summed E-state index contributed by atoms with van der Waals surface area (Å²) in [4.78, 5) is 31.1. The van der Waals surface area contributed by atoms with Crippen LogP contribution in [-0.2, 0) is 9.47 Å². The molecule has 27 heavy (non-hydrogen) atoms. The van der Waals surface area contributed by atoms with Gasteiger partial charge in [-0.15, -0.1) is 0 Å². The van der Waals surface area contributed by atoms with Crippen LogP contribution in [0, 0.1) is 6.92 Å². The maximum absolute atomic E-state index is 12.0. The van der Waals surface area contributed by atoms with Gasteiger partial charge < -0.3 is 15.2 Å². The molecular formula is C19H20N4O4. The van der Waals surface area contributed by atoms with E-state index in [9.17, 15) is 9.59 Å². The molecule has 8 heteroatoms. The van der Waals surface area contributed by atoms with Crippen LogP contribution in [0.2, 0.25) is 0 Å². The van der Waals surface area contributed by atoms with E-state index in [1.165, 1.54) is 4.90 Å². The van der Waals surface area contributed by atoms with Gasteiger partial charge in [-0.2, -0.15) is 0 Å². The predicted molar refractivity (Wildman–Crippen MR) is 99.8 cm³/mol. The van der Waals surface area contributed by atoms with Crippen LogP contribution >= 0.6 is 0 Å². The molecule has 0 unspecified atom stereocenters. The van der Waals surface area contributed by atoms with Crippen molar-refractivity contribution in [1.29, 1.82) is 0 Å². The Morgan fingerprint density at radius 2 is 1.96 bits per heavy atom. The number of rotatable bonds is 4. The lowest BCUT2D eigenvalue weighted by molar-refractivity contribution is 0.145. The van der Waals surface area contributed by atoms with Crippen LogP contribution in [0.25, 0.3) is 11.1 Å². The van der Waals surface area contributed by atoms with E-state index in [0.29, 0.717) is 32.1 Å². The van der Waals surface area contributed by atoms with Crippen LogP contribution in [0.5, 0.6) is 0 Å². The fourth-order valence-electron chi connectivity index (χ4n) is 3.30. The molecular weight excluding hydrogens is 348 g/mol. The zero-order chi connectivity index (χ0) is 19.0. The summed E-state index contributed by atoms with van der Waals surface area (Å²) >= 11 is 0. The molecule has 2 aromatic rings. The molecule has 140 valence electrons. The van der Waals surface area contributed by atoms with E-state index < -0.39 is 0 Å². The molecule has 1 aromatic carbocycles. The summed E-state index contributed by atoms with van der Waals surface area (Å²) in [5.41, 5.74) is 9.26. The number of aromatic nitrogens is 1. The smallest absolute Gasteiger partial charge is 0.415 e. The fraction of sp³-hybridized carbons (Fsp3) is 0.316. The highest BCUT2D eigenvalue weighted by atomic mass is 16.6. The monoisotopic (exact) mass is 368 g/mol. The number of cyclic esters (lactones) is 2. The summed E-state index contributed by atoms with van der Waals surface area (Å²) in [5.74, 6) is 0.572. The van der Waals surface area contributed by atoms with Crippen molar-refractivity contribution in [3.63, 3.8) is 0 Å². The number of anilines is 2. The molecule has 1 aromatic heterocycles. The second kappa shape index (κ2) is 6.88. The van der Waals surface area contributed by atoms with E-state index in [-0.39, 0.29) is 18.3 Å². The van der Waals surface area contributed by atoms with Crippen molar-refractivity contribution in [2.75, 3.05) is 36.0 Å². The third-order valence-corrected chi connectivity index (χ3v) is 4.74. The number of aryl methyl sites for hydroxylation is 1. The van der Waals surface area contributed by atoms with E-state index >= 15 is 0 Å². The summed E-state index contributed by atoms with van der Waals surface area (Å²) in [6, 6.07) is 9.55. The number of carbonyl (C=O) groups excluding carboxylic acids is 2. The van der Waals surface area contributed by atoms with Gasteiger partial charge in [0.2, 0.25) is 0 Å². The van der Waals surface area contributed by atoms with E-state index in [1.54, 1.807) is 17.2 Å². The molecule has 8 nitrogen and oxygen atoms in total. The van der Waals surface area contributed by atoms with Gasteiger partial charge in [0.15, 0.2) is 0 Å². The summed E-state index contributed by atoms with van der Waals surface area (Å²) in [5, 5.41) is 0. The second-order valence-electron chi connectivity index (χ2n) is 6.52. The van der Waals surface area contributed by atoms with Crippen molar-refractivity contribution in [3.05, 3.63) is 42.1 Å². The summed E-state index contributed by atoms with van der Waals surface area (Å²) in [6.07, 6.45) is 0.711. The molecule has 2 fully saturated rings. The van der Waals surface area contributed by atoms with Crippen LogP contribution in [0.4, 0.5) is 21.1 Å². The molecule has 4 rings (SSSR count). The second-order valence-corrected chi connectivity index (χ2v) is 6.52. The lowest BCUT2D eigenvalue weighted by Crippen LogP contribution is -2.27. The molecule has 2 aliphatic rings. The average molecular weight is 368 g/mol. The van der Waals surface area contributed by atoms with Crippen LogP contribution in [-0.4, -0.2) is 49.5 Å². The number of benzene rings is 1. The number of carbonyl (C=O) groups is 2. The van der Waals surface area contributed by atoms with Crippen LogP contribution in [0.15, 0.2) is 36.5 Å². The molecule has 1 atom stereocenters. The summed E-state index contributed by atoms with van der Waals surface area (Å²) in [7, 11) is 0. The number of amides is 2. The minimum Gasteiger partial charge on any atom is -0.447 e. The average Bonchev–Trinajstić information content (AvgIpc) is 3.27. The van der Waals surface area contributed by atoms with Crippen LogP contribution in [0.3, 0.4) is 0 Å². The van der Waals surface area contributed by atoms with Gasteiger partial charge in [-0.1, -0.05) is 6.07 Å². The van der Waals surface area contributed by atoms with Gasteiger partial charge in [0, 0.05) is 18.3 Å². The number of pyridine rings is 1. The Kier molecular flexibility index (Phi) is 4.41.